The molecule has 0 atom stereocenters. The Hall–Kier alpha value is -2.52. The van der Waals surface area contributed by atoms with E-state index in [9.17, 15) is 4.39 Å². The maximum atomic E-state index is 13.8. The summed E-state index contributed by atoms with van der Waals surface area (Å²) in [6.07, 6.45) is 1.54. The Morgan fingerprint density at radius 3 is 2.61 bits per heavy atom. The minimum atomic E-state index is -0.495. The normalized spacial score (nSPS) is 11.0. The van der Waals surface area contributed by atoms with Crippen molar-refractivity contribution in [2.24, 2.45) is 10.8 Å². The van der Waals surface area contributed by atoms with Crippen LogP contribution < -0.4 is 21.6 Å². The van der Waals surface area contributed by atoms with Crippen LogP contribution in [0.1, 0.15) is 12.7 Å². The number of nitrogens with one attached hydrogen (secondary N) is 2. The summed E-state index contributed by atoms with van der Waals surface area (Å²) >= 11 is 10.0. The van der Waals surface area contributed by atoms with Crippen molar-refractivity contribution in [3.63, 3.8) is 0 Å². The van der Waals surface area contributed by atoms with E-state index >= 15 is 0 Å². The number of nitrogens with two attached hydrogens (primary N) is 1. The van der Waals surface area contributed by atoms with Crippen LogP contribution >= 0.6 is 24.4 Å². The lowest BCUT2D eigenvalue weighted by molar-refractivity contribution is 0.556. The van der Waals surface area contributed by atoms with E-state index in [0.717, 1.165) is 5.01 Å². The summed E-state index contributed by atoms with van der Waals surface area (Å²) in [7, 11) is 0. The number of anilines is 1. The molecule has 0 bridgehead atoms. The van der Waals surface area contributed by atoms with Crippen molar-refractivity contribution in [2.45, 2.75) is 6.92 Å². The summed E-state index contributed by atoms with van der Waals surface area (Å²) in [4.78, 5) is 0. The molecule has 120 valence electrons. The van der Waals surface area contributed by atoms with E-state index in [1.54, 1.807) is 31.2 Å². The van der Waals surface area contributed by atoms with Crippen molar-refractivity contribution in [3.8, 4) is 0 Å². The molecule has 0 fully saturated rings. The molecule has 1 aromatic heterocycles. The van der Waals surface area contributed by atoms with Crippen molar-refractivity contribution in [3.05, 3.63) is 54.2 Å². The van der Waals surface area contributed by atoms with Crippen molar-refractivity contribution in [1.82, 2.24) is 10.9 Å². The van der Waals surface area contributed by atoms with Crippen LogP contribution in [-0.2, 0) is 0 Å². The number of para-hydroxylation sites is 1. The Kier molecular flexibility index (Phi) is 5.61. The minimum Gasteiger partial charge on any atom is -0.463 e. The zero-order valence-electron chi connectivity index (χ0n) is 12.1. The van der Waals surface area contributed by atoms with Gasteiger partial charge in [-0.15, -0.1) is 0 Å². The molecule has 2 aromatic rings. The Morgan fingerprint density at radius 1 is 1.26 bits per heavy atom. The predicted octanol–water partition coefficient (Wildman–Crippen LogP) is 2.27. The summed E-state index contributed by atoms with van der Waals surface area (Å²) in [5.41, 5.74) is 11.6. The molecular formula is C14H14FN5OS2. The largest absolute Gasteiger partial charge is 0.463 e. The zero-order chi connectivity index (χ0) is 16.8. The molecule has 4 N–H and O–H groups in total. The van der Waals surface area contributed by atoms with Crippen LogP contribution in [0.3, 0.4) is 0 Å². The second-order valence-electron chi connectivity index (χ2n) is 4.35. The average molecular weight is 351 g/mol. The maximum Gasteiger partial charge on any atom is 0.206 e. The van der Waals surface area contributed by atoms with Gasteiger partial charge in [-0.25, -0.2) is 9.40 Å². The molecular weight excluding hydrogens is 337 g/mol. The summed E-state index contributed by atoms with van der Waals surface area (Å²) in [6.45, 7) is 1.75. The fraction of sp³-hybridized carbons (Fsp3) is 0.0714. The molecule has 0 aliphatic heterocycles. The topological polar surface area (TPSA) is 78.8 Å². The molecule has 0 amide bonds. The van der Waals surface area contributed by atoms with Crippen molar-refractivity contribution in [1.29, 1.82) is 0 Å². The van der Waals surface area contributed by atoms with Gasteiger partial charge in [-0.2, -0.15) is 5.10 Å². The second-order valence-corrected chi connectivity index (χ2v) is 5.18. The molecule has 9 heteroatoms. The molecule has 0 saturated heterocycles. The van der Waals surface area contributed by atoms with Crippen molar-refractivity contribution >= 4 is 46.1 Å². The highest BCUT2D eigenvalue weighted by atomic mass is 32.1. The SMILES string of the molecule is C/C(=N/NC(=S)NN(C(N)=S)c1ccccc1F)c1ccco1. The Labute approximate surface area is 143 Å². The van der Waals surface area contributed by atoms with Gasteiger partial charge >= 0.3 is 0 Å². The lowest BCUT2D eigenvalue weighted by atomic mass is 10.3. The maximum absolute atomic E-state index is 13.8. The van der Waals surface area contributed by atoms with Gasteiger partial charge < -0.3 is 10.2 Å². The van der Waals surface area contributed by atoms with Crippen molar-refractivity contribution in [2.75, 3.05) is 5.01 Å². The first kappa shape index (κ1) is 16.8. The number of halogens is 1. The highest BCUT2D eigenvalue weighted by Gasteiger charge is 2.14. The van der Waals surface area contributed by atoms with Crippen LogP contribution in [0, 0.1) is 5.82 Å². The van der Waals surface area contributed by atoms with Crippen LogP contribution in [0.5, 0.6) is 0 Å². The third kappa shape index (κ3) is 4.47. The number of hydrazone groups is 1. The van der Waals surface area contributed by atoms with E-state index in [1.807, 2.05) is 0 Å². The fourth-order valence-corrected chi connectivity index (χ4v) is 1.95. The average Bonchev–Trinajstić information content (AvgIpc) is 3.05. The second kappa shape index (κ2) is 7.65. The molecule has 0 radical (unpaired) electrons. The summed E-state index contributed by atoms with van der Waals surface area (Å²) < 4.78 is 19.0. The van der Waals surface area contributed by atoms with E-state index in [2.05, 4.69) is 16.0 Å². The number of nitrogens with zero attached hydrogens (tertiary/aromatic N) is 2. The van der Waals surface area contributed by atoms with Crippen LogP contribution in [0.4, 0.5) is 10.1 Å². The minimum absolute atomic E-state index is 0.0898. The van der Waals surface area contributed by atoms with Gasteiger partial charge in [0.15, 0.2) is 5.11 Å². The van der Waals surface area contributed by atoms with Crippen LogP contribution in [0.2, 0.25) is 0 Å². The first-order valence-electron chi connectivity index (χ1n) is 6.48. The van der Waals surface area contributed by atoms with Gasteiger partial charge in [0.1, 0.15) is 23.0 Å². The Bertz CT molecular complexity index is 733. The first-order valence-corrected chi connectivity index (χ1v) is 7.29. The summed E-state index contributed by atoms with van der Waals surface area (Å²) in [5, 5.41) is 5.21. The number of hydrogen-bond donors (Lipinski definition) is 3. The van der Waals surface area contributed by atoms with Crippen LogP contribution in [-0.4, -0.2) is 15.9 Å². The number of rotatable bonds is 3. The standard InChI is InChI=1S/C14H14FN5OS2/c1-9(12-7-4-8-21-12)17-18-14(23)19-20(13(16)22)11-6-3-2-5-10(11)15/h2-8H,1H3,(H2,16,22)(H2,18,19,23)/b17-9-. The highest BCUT2D eigenvalue weighted by molar-refractivity contribution is 7.80. The lowest BCUT2D eigenvalue weighted by Crippen LogP contribution is -2.52. The molecule has 2 rings (SSSR count). The molecule has 0 spiro atoms. The Balaban J connectivity index is 2.06. The lowest BCUT2D eigenvalue weighted by Gasteiger charge is -2.24. The number of benzene rings is 1. The van der Waals surface area contributed by atoms with Gasteiger partial charge in [0.25, 0.3) is 0 Å². The number of hydrogen-bond acceptors (Lipinski definition) is 4. The molecule has 1 aromatic carbocycles. The van der Waals surface area contributed by atoms with Gasteiger partial charge in [-0.3, -0.25) is 10.9 Å². The molecule has 0 unspecified atom stereocenters. The van der Waals surface area contributed by atoms with E-state index in [1.165, 1.54) is 18.4 Å². The van der Waals surface area contributed by atoms with Gasteiger partial charge in [-0.1, -0.05) is 12.1 Å². The molecule has 0 aliphatic rings. The van der Waals surface area contributed by atoms with Crippen LogP contribution in [0.25, 0.3) is 0 Å². The van der Waals surface area contributed by atoms with Gasteiger partial charge in [-0.05, 0) is 55.6 Å². The monoisotopic (exact) mass is 351 g/mol. The number of hydrazine groups is 1. The zero-order valence-corrected chi connectivity index (χ0v) is 13.7. The van der Waals surface area contributed by atoms with Crippen LogP contribution in [0.15, 0.2) is 52.2 Å². The third-order valence-corrected chi connectivity index (χ3v) is 3.10. The number of furan rings is 1. The third-order valence-electron chi connectivity index (χ3n) is 2.73. The molecule has 0 saturated carbocycles. The van der Waals surface area contributed by atoms with E-state index in [4.69, 9.17) is 34.6 Å². The van der Waals surface area contributed by atoms with E-state index in [-0.39, 0.29) is 15.9 Å². The van der Waals surface area contributed by atoms with Gasteiger partial charge in [0, 0.05) is 0 Å². The smallest absolute Gasteiger partial charge is 0.206 e. The van der Waals surface area contributed by atoms with E-state index in [0.29, 0.717) is 11.5 Å². The fourth-order valence-electron chi connectivity index (χ4n) is 1.67. The predicted molar refractivity (Wildman–Crippen MR) is 95.5 cm³/mol. The summed E-state index contributed by atoms with van der Waals surface area (Å²) in [5.74, 6) is 0.103. The van der Waals surface area contributed by atoms with E-state index < -0.39 is 5.82 Å². The quantitative estimate of drug-likeness (QED) is 0.445. The highest BCUT2D eigenvalue weighted by Crippen LogP contribution is 2.16. The Morgan fingerprint density at radius 2 is 2.00 bits per heavy atom. The summed E-state index contributed by atoms with van der Waals surface area (Å²) in [6, 6.07) is 9.53. The molecule has 1 heterocycles. The van der Waals surface area contributed by atoms with Crippen molar-refractivity contribution < 1.29 is 8.81 Å². The van der Waals surface area contributed by atoms with Gasteiger partial charge in [0.05, 0.1) is 6.26 Å². The van der Waals surface area contributed by atoms with Gasteiger partial charge in [0.2, 0.25) is 5.11 Å². The first-order chi connectivity index (χ1) is 11.0. The molecule has 23 heavy (non-hydrogen) atoms. The molecule has 0 aliphatic carbocycles. The molecule has 6 nitrogen and oxygen atoms in total. The number of thiocarbonyl (C=S) groups is 2.